The van der Waals surface area contributed by atoms with E-state index in [1.54, 1.807) is 0 Å². The van der Waals surface area contributed by atoms with Gasteiger partial charge in [0.1, 0.15) is 0 Å². The average Bonchev–Trinajstić information content (AvgIpc) is 1.83. The van der Waals surface area contributed by atoms with Crippen LogP contribution < -0.4 is 11.1 Å². The Morgan fingerprint density at radius 3 is 2.45 bits per heavy atom. The largest absolute Gasteiger partial charge is 0.361 e. The van der Waals surface area contributed by atoms with Crippen LogP contribution in [-0.4, -0.2) is 18.4 Å². The summed E-state index contributed by atoms with van der Waals surface area (Å²) in [4.78, 5) is 20.8. The Balaban J connectivity index is 2.10. The first-order chi connectivity index (χ1) is 5.20. The Bertz CT molecular complexity index is 175. The fourth-order valence-electron chi connectivity index (χ4n) is 1.02. The highest BCUT2D eigenvalue weighted by Crippen LogP contribution is 2.24. The first-order valence-corrected chi connectivity index (χ1v) is 3.78. The highest BCUT2D eigenvalue weighted by molar-refractivity contribution is 6.34. The number of carbonyl (C=O) groups is 2. The predicted molar refractivity (Wildman–Crippen MR) is 39.5 cm³/mol. The molecule has 1 saturated carbocycles. The Morgan fingerprint density at radius 2 is 2.09 bits per heavy atom. The first-order valence-electron chi connectivity index (χ1n) is 3.78. The van der Waals surface area contributed by atoms with Crippen molar-refractivity contribution in [1.82, 2.24) is 5.32 Å². The lowest BCUT2D eigenvalue weighted by molar-refractivity contribution is -0.137. The van der Waals surface area contributed by atoms with Crippen LogP contribution in [-0.2, 0) is 9.59 Å². The van der Waals surface area contributed by atoms with Crippen molar-refractivity contribution < 1.29 is 9.59 Å². The fraction of sp³-hybridized carbons (Fsp3) is 0.714. The van der Waals surface area contributed by atoms with Gasteiger partial charge >= 0.3 is 11.8 Å². The molecule has 1 fully saturated rings. The molecule has 0 aromatic rings. The molecule has 0 atom stereocenters. The maximum absolute atomic E-state index is 10.6. The highest BCUT2D eigenvalue weighted by Gasteiger charge is 2.18. The molecular weight excluding hydrogens is 144 g/mol. The third-order valence-electron chi connectivity index (χ3n) is 2.00. The van der Waals surface area contributed by atoms with Gasteiger partial charge in [-0.15, -0.1) is 0 Å². The molecule has 1 aliphatic rings. The van der Waals surface area contributed by atoms with Gasteiger partial charge in [-0.25, -0.2) is 0 Å². The molecule has 4 nitrogen and oxygen atoms in total. The Morgan fingerprint density at radius 1 is 1.45 bits per heavy atom. The minimum absolute atomic E-state index is 0.568. The van der Waals surface area contributed by atoms with Gasteiger partial charge in [-0.1, -0.05) is 6.42 Å². The van der Waals surface area contributed by atoms with Crippen LogP contribution in [0, 0.1) is 5.92 Å². The molecule has 0 aromatic heterocycles. The molecule has 0 unspecified atom stereocenters. The standard InChI is InChI=1S/C7H12N2O2/c8-6(10)7(11)9-4-5-2-1-3-5/h5H,1-4H2,(H2,8,10)(H,9,11). The minimum Gasteiger partial charge on any atom is -0.361 e. The van der Waals surface area contributed by atoms with E-state index in [1.165, 1.54) is 6.42 Å². The number of hydrogen-bond donors (Lipinski definition) is 2. The molecule has 0 heterocycles. The van der Waals surface area contributed by atoms with E-state index in [0.717, 1.165) is 12.8 Å². The van der Waals surface area contributed by atoms with E-state index in [2.05, 4.69) is 5.32 Å². The molecule has 0 aromatic carbocycles. The van der Waals surface area contributed by atoms with Crippen molar-refractivity contribution in [3.8, 4) is 0 Å². The Hall–Kier alpha value is -1.06. The van der Waals surface area contributed by atoms with Crippen LogP contribution in [0.15, 0.2) is 0 Å². The van der Waals surface area contributed by atoms with E-state index >= 15 is 0 Å². The molecule has 3 N–H and O–H groups in total. The van der Waals surface area contributed by atoms with Gasteiger partial charge in [-0.3, -0.25) is 9.59 Å². The van der Waals surface area contributed by atoms with Crippen LogP contribution in [0.2, 0.25) is 0 Å². The van der Waals surface area contributed by atoms with Crippen molar-refractivity contribution in [1.29, 1.82) is 0 Å². The first kappa shape index (κ1) is 8.04. The number of amides is 2. The van der Waals surface area contributed by atoms with E-state index in [1.807, 2.05) is 0 Å². The van der Waals surface area contributed by atoms with Crippen molar-refractivity contribution in [2.24, 2.45) is 11.7 Å². The number of rotatable bonds is 2. The van der Waals surface area contributed by atoms with E-state index in [4.69, 9.17) is 5.73 Å². The van der Waals surface area contributed by atoms with Crippen LogP contribution in [0.4, 0.5) is 0 Å². The van der Waals surface area contributed by atoms with E-state index in [-0.39, 0.29) is 0 Å². The second-order valence-electron chi connectivity index (χ2n) is 2.87. The highest BCUT2D eigenvalue weighted by atomic mass is 16.2. The van der Waals surface area contributed by atoms with E-state index in [0.29, 0.717) is 12.5 Å². The van der Waals surface area contributed by atoms with Crippen molar-refractivity contribution in [3.05, 3.63) is 0 Å². The topological polar surface area (TPSA) is 72.2 Å². The van der Waals surface area contributed by atoms with Gasteiger partial charge < -0.3 is 11.1 Å². The number of hydrogen-bond acceptors (Lipinski definition) is 2. The van der Waals surface area contributed by atoms with Crippen LogP contribution in [0.3, 0.4) is 0 Å². The lowest BCUT2D eigenvalue weighted by Crippen LogP contribution is -2.39. The molecule has 1 rings (SSSR count). The number of nitrogens with one attached hydrogen (secondary N) is 1. The molecule has 0 radical (unpaired) electrons. The lowest BCUT2D eigenvalue weighted by atomic mass is 9.85. The summed E-state index contributed by atoms with van der Waals surface area (Å²) in [5.74, 6) is -1.00. The summed E-state index contributed by atoms with van der Waals surface area (Å²) < 4.78 is 0. The summed E-state index contributed by atoms with van der Waals surface area (Å²) in [5.41, 5.74) is 4.73. The summed E-state index contributed by atoms with van der Waals surface area (Å²) in [7, 11) is 0. The molecular formula is C7H12N2O2. The summed E-state index contributed by atoms with van der Waals surface area (Å²) in [6, 6.07) is 0. The van der Waals surface area contributed by atoms with Crippen LogP contribution in [0.1, 0.15) is 19.3 Å². The second kappa shape index (κ2) is 3.37. The minimum atomic E-state index is -0.899. The number of nitrogens with two attached hydrogens (primary N) is 1. The van der Waals surface area contributed by atoms with E-state index in [9.17, 15) is 9.59 Å². The Kier molecular flexibility index (Phi) is 2.46. The van der Waals surface area contributed by atoms with Gasteiger partial charge in [-0.2, -0.15) is 0 Å². The third-order valence-corrected chi connectivity index (χ3v) is 2.00. The zero-order valence-corrected chi connectivity index (χ0v) is 6.30. The normalized spacial score (nSPS) is 17.1. The van der Waals surface area contributed by atoms with Gasteiger partial charge in [0.25, 0.3) is 0 Å². The van der Waals surface area contributed by atoms with Crippen LogP contribution in [0.25, 0.3) is 0 Å². The monoisotopic (exact) mass is 156 g/mol. The molecule has 0 aliphatic heterocycles. The summed E-state index contributed by atoms with van der Waals surface area (Å²) in [5, 5.41) is 2.47. The molecule has 11 heavy (non-hydrogen) atoms. The van der Waals surface area contributed by atoms with E-state index < -0.39 is 11.8 Å². The molecule has 2 amide bonds. The van der Waals surface area contributed by atoms with Gasteiger partial charge in [0.15, 0.2) is 0 Å². The summed E-state index contributed by atoms with van der Waals surface area (Å²) in [6.45, 7) is 0.599. The zero-order valence-electron chi connectivity index (χ0n) is 6.30. The third kappa shape index (κ3) is 2.22. The predicted octanol–water partition coefficient (Wildman–Crippen LogP) is -0.612. The lowest BCUT2D eigenvalue weighted by Gasteiger charge is -2.24. The van der Waals surface area contributed by atoms with Crippen molar-refractivity contribution in [3.63, 3.8) is 0 Å². The van der Waals surface area contributed by atoms with Crippen molar-refractivity contribution in [2.45, 2.75) is 19.3 Å². The van der Waals surface area contributed by atoms with Crippen LogP contribution >= 0.6 is 0 Å². The van der Waals surface area contributed by atoms with Gasteiger partial charge in [-0.05, 0) is 18.8 Å². The zero-order chi connectivity index (χ0) is 8.27. The molecule has 0 bridgehead atoms. The fourth-order valence-corrected chi connectivity index (χ4v) is 1.02. The number of carbonyl (C=O) groups excluding carboxylic acids is 2. The van der Waals surface area contributed by atoms with Crippen molar-refractivity contribution >= 4 is 11.8 Å². The number of primary amides is 1. The van der Waals surface area contributed by atoms with Gasteiger partial charge in [0.2, 0.25) is 0 Å². The molecule has 62 valence electrons. The Labute approximate surface area is 65.1 Å². The smallest absolute Gasteiger partial charge is 0.309 e. The van der Waals surface area contributed by atoms with Gasteiger partial charge in [0, 0.05) is 6.54 Å². The SMILES string of the molecule is NC(=O)C(=O)NCC1CCC1. The maximum atomic E-state index is 10.6. The quantitative estimate of drug-likeness (QED) is 0.523. The summed E-state index contributed by atoms with van der Waals surface area (Å²) in [6.07, 6.45) is 3.54. The average molecular weight is 156 g/mol. The second-order valence-corrected chi connectivity index (χ2v) is 2.87. The maximum Gasteiger partial charge on any atom is 0.309 e. The van der Waals surface area contributed by atoms with Gasteiger partial charge in [0.05, 0.1) is 0 Å². The summed E-state index contributed by atoms with van der Waals surface area (Å²) >= 11 is 0. The molecule has 1 aliphatic carbocycles. The van der Waals surface area contributed by atoms with Crippen molar-refractivity contribution in [2.75, 3.05) is 6.54 Å². The van der Waals surface area contributed by atoms with Crippen LogP contribution in [0.5, 0.6) is 0 Å². The molecule has 0 spiro atoms. The molecule has 4 heteroatoms. The molecule has 0 saturated heterocycles.